The quantitative estimate of drug-likeness (QED) is 0.777. The van der Waals surface area contributed by atoms with Gasteiger partial charge < -0.3 is 19.6 Å². The van der Waals surface area contributed by atoms with E-state index in [9.17, 15) is 4.79 Å². The number of nitrogens with zero attached hydrogens (tertiary/aromatic N) is 2. The zero-order valence-electron chi connectivity index (χ0n) is 13.3. The van der Waals surface area contributed by atoms with Gasteiger partial charge in [-0.2, -0.15) is 0 Å². The van der Waals surface area contributed by atoms with Crippen LogP contribution in [0.15, 0.2) is 0 Å². The van der Waals surface area contributed by atoms with Gasteiger partial charge in [0.05, 0.1) is 19.1 Å². The summed E-state index contributed by atoms with van der Waals surface area (Å²) in [6, 6.07) is 0.748. The van der Waals surface area contributed by atoms with E-state index in [0.717, 1.165) is 32.0 Å². The van der Waals surface area contributed by atoms with E-state index < -0.39 is 5.97 Å². The minimum atomic E-state index is -0.772. The van der Waals surface area contributed by atoms with E-state index in [1.165, 1.54) is 38.9 Å². The van der Waals surface area contributed by atoms with Crippen LogP contribution in [0.25, 0.3) is 0 Å². The fourth-order valence-electron chi connectivity index (χ4n) is 3.54. The number of piperidine rings is 2. The van der Waals surface area contributed by atoms with Gasteiger partial charge in [0.1, 0.15) is 0 Å². The standard InChI is InChI=1S/C16H30N2O3/c1-2-8-17-9-3-14(4-10-17)18-11-5-15(6-12-18)21-13-7-16(19)20/h14-15H,2-13H2,1H3,(H,19,20). The molecule has 122 valence electrons. The van der Waals surface area contributed by atoms with Crippen LogP contribution < -0.4 is 0 Å². The van der Waals surface area contributed by atoms with Gasteiger partial charge in [-0.1, -0.05) is 6.92 Å². The lowest BCUT2D eigenvalue weighted by Crippen LogP contribution is -2.48. The van der Waals surface area contributed by atoms with Crippen LogP contribution in [0, 0.1) is 0 Å². The second kappa shape index (κ2) is 8.71. The SMILES string of the molecule is CCCN1CCC(N2CCC(OCCC(=O)O)CC2)CC1. The molecule has 0 bridgehead atoms. The minimum Gasteiger partial charge on any atom is -0.481 e. The van der Waals surface area contributed by atoms with Gasteiger partial charge in [0.25, 0.3) is 0 Å². The predicted octanol–water partition coefficient (Wildman–Crippen LogP) is 1.82. The third-order valence-corrected chi connectivity index (χ3v) is 4.76. The minimum absolute atomic E-state index is 0.121. The Morgan fingerprint density at radius 1 is 1.14 bits per heavy atom. The summed E-state index contributed by atoms with van der Waals surface area (Å²) < 4.78 is 5.66. The summed E-state index contributed by atoms with van der Waals surface area (Å²) in [6.07, 6.45) is 6.33. The molecule has 0 aromatic carbocycles. The first-order valence-corrected chi connectivity index (χ1v) is 8.49. The average molecular weight is 298 g/mol. The summed E-state index contributed by atoms with van der Waals surface area (Å²) in [7, 11) is 0. The first kappa shape index (κ1) is 16.7. The summed E-state index contributed by atoms with van der Waals surface area (Å²) in [5.41, 5.74) is 0. The Balaban J connectivity index is 1.62. The Bertz CT molecular complexity index is 309. The smallest absolute Gasteiger partial charge is 0.305 e. The number of ether oxygens (including phenoxy) is 1. The van der Waals surface area contributed by atoms with Crippen LogP contribution in [-0.4, -0.2) is 72.4 Å². The van der Waals surface area contributed by atoms with Gasteiger partial charge in [0.2, 0.25) is 0 Å². The first-order chi connectivity index (χ1) is 10.2. The summed E-state index contributed by atoms with van der Waals surface area (Å²) in [5.74, 6) is -0.772. The molecule has 1 N–H and O–H groups in total. The van der Waals surface area contributed by atoms with Crippen LogP contribution in [-0.2, 0) is 9.53 Å². The molecule has 2 saturated heterocycles. The Kier molecular flexibility index (Phi) is 6.93. The molecule has 21 heavy (non-hydrogen) atoms. The highest BCUT2D eigenvalue weighted by molar-refractivity contribution is 5.66. The molecular weight excluding hydrogens is 268 g/mol. The van der Waals surface area contributed by atoms with Gasteiger partial charge in [-0.3, -0.25) is 4.79 Å². The van der Waals surface area contributed by atoms with E-state index in [1.54, 1.807) is 0 Å². The van der Waals surface area contributed by atoms with Crippen molar-refractivity contribution in [3.05, 3.63) is 0 Å². The number of carbonyl (C=O) groups is 1. The molecule has 0 amide bonds. The Hall–Kier alpha value is -0.650. The molecule has 0 aliphatic carbocycles. The zero-order chi connectivity index (χ0) is 15.1. The highest BCUT2D eigenvalue weighted by Gasteiger charge is 2.28. The Morgan fingerprint density at radius 2 is 1.81 bits per heavy atom. The Morgan fingerprint density at radius 3 is 2.38 bits per heavy atom. The van der Waals surface area contributed by atoms with Crippen molar-refractivity contribution in [2.75, 3.05) is 39.3 Å². The molecule has 5 heteroatoms. The molecule has 0 saturated carbocycles. The second-order valence-corrected chi connectivity index (χ2v) is 6.32. The van der Waals surface area contributed by atoms with Crippen LogP contribution in [0.1, 0.15) is 45.4 Å². The fraction of sp³-hybridized carbons (Fsp3) is 0.938. The predicted molar refractivity (Wildman–Crippen MR) is 82.6 cm³/mol. The number of hydrogen-bond acceptors (Lipinski definition) is 4. The monoisotopic (exact) mass is 298 g/mol. The molecule has 2 fully saturated rings. The maximum atomic E-state index is 10.5. The molecular formula is C16H30N2O3. The highest BCUT2D eigenvalue weighted by Crippen LogP contribution is 2.22. The highest BCUT2D eigenvalue weighted by atomic mass is 16.5. The third kappa shape index (κ3) is 5.57. The van der Waals surface area contributed by atoms with Crippen LogP contribution >= 0.6 is 0 Å². The zero-order valence-corrected chi connectivity index (χ0v) is 13.3. The normalized spacial score (nSPS) is 23.5. The molecule has 2 aliphatic rings. The van der Waals surface area contributed by atoms with Crippen LogP contribution in [0.5, 0.6) is 0 Å². The molecule has 2 aliphatic heterocycles. The van der Waals surface area contributed by atoms with Crippen molar-refractivity contribution < 1.29 is 14.6 Å². The number of rotatable bonds is 7. The maximum absolute atomic E-state index is 10.5. The number of likely N-dealkylation sites (tertiary alicyclic amines) is 2. The Labute approximate surface area is 128 Å². The number of aliphatic carboxylic acids is 1. The van der Waals surface area contributed by atoms with Crippen molar-refractivity contribution in [2.45, 2.75) is 57.6 Å². The number of hydrogen-bond donors (Lipinski definition) is 1. The lowest BCUT2D eigenvalue weighted by atomic mass is 9.99. The lowest BCUT2D eigenvalue weighted by Gasteiger charge is -2.41. The molecule has 0 spiro atoms. The first-order valence-electron chi connectivity index (χ1n) is 8.49. The van der Waals surface area contributed by atoms with Crippen LogP contribution in [0.2, 0.25) is 0 Å². The molecule has 0 aromatic rings. The largest absolute Gasteiger partial charge is 0.481 e. The number of carboxylic acids is 1. The van der Waals surface area contributed by atoms with Crippen molar-refractivity contribution in [2.24, 2.45) is 0 Å². The summed E-state index contributed by atoms with van der Waals surface area (Å²) in [6.45, 7) is 8.55. The van der Waals surface area contributed by atoms with Crippen molar-refractivity contribution in [3.8, 4) is 0 Å². The van der Waals surface area contributed by atoms with Crippen molar-refractivity contribution in [3.63, 3.8) is 0 Å². The topological polar surface area (TPSA) is 53.0 Å². The van der Waals surface area contributed by atoms with E-state index in [-0.39, 0.29) is 12.5 Å². The number of carboxylic acid groups (broad SMARTS) is 1. The van der Waals surface area contributed by atoms with Crippen LogP contribution in [0.4, 0.5) is 0 Å². The van der Waals surface area contributed by atoms with Gasteiger partial charge >= 0.3 is 5.97 Å². The van der Waals surface area contributed by atoms with Gasteiger partial charge in [0.15, 0.2) is 0 Å². The molecule has 5 nitrogen and oxygen atoms in total. The maximum Gasteiger partial charge on any atom is 0.305 e. The van der Waals surface area contributed by atoms with Crippen molar-refractivity contribution >= 4 is 5.97 Å². The lowest BCUT2D eigenvalue weighted by molar-refractivity contribution is -0.138. The second-order valence-electron chi connectivity index (χ2n) is 6.32. The average Bonchev–Trinajstić information content (AvgIpc) is 2.49. The van der Waals surface area contributed by atoms with E-state index >= 15 is 0 Å². The molecule has 2 heterocycles. The van der Waals surface area contributed by atoms with Gasteiger partial charge in [-0.15, -0.1) is 0 Å². The fourth-order valence-corrected chi connectivity index (χ4v) is 3.54. The molecule has 0 radical (unpaired) electrons. The van der Waals surface area contributed by atoms with Crippen molar-refractivity contribution in [1.29, 1.82) is 0 Å². The van der Waals surface area contributed by atoms with E-state index in [4.69, 9.17) is 9.84 Å². The molecule has 0 atom stereocenters. The molecule has 0 aromatic heterocycles. The van der Waals surface area contributed by atoms with Gasteiger partial charge in [-0.05, 0) is 51.7 Å². The molecule has 0 unspecified atom stereocenters. The van der Waals surface area contributed by atoms with E-state index in [2.05, 4.69) is 16.7 Å². The van der Waals surface area contributed by atoms with E-state index in [1.807, 2.05) is 0 Å². The summed E-state index contributed by atoms with van der Waals surface area (Å²) >= 11 is 0. The summed E-state index contributed by atoms with van der Waals surface area (Å²) in [4.78, 5) is 15.7. The summed E-state index contributed by atoms with van der Waals surface area (Å²) in [5, 5.41) is 8.62. The molecule has 2 rings (SSSR count). The third-order valence-electron chi connectivity index (χ3n) is 4.76. The van der Waals surface area contributed by atoms with E-state index in [0.29, 0.717) is 6.61 Å². The van der Waals surface area contributed by atoms with Gasteiger partial charge in [0, 0.05) is 19.1 Å². The van der Waals surface area contributed by atoms with Gasteiger partial charge in [-0.25, -0.2) is 0 Å². The van der Waals surface area contributed by atoms with Crippen molar-refractivity contribution in [1.82, 2.24) is 9.80 Å². The van der Waals surface area contributed by atoms with Crippen LogP contribution in [0.3, 0.4) is 0 Å².